The molecule has 152 valence electrons. The van der Waals surface area contributed by atoms with Crippen LogP contribution in [-0.2, 0) is 15.0 Å². The van der Waals surface area contributed by atoms with Crippen LogP contribution in [0.4, 0.5) is 0 Å². The van der Waals surface area contributed by atoms with Gasteiger partial charge in [0.05, 0.1) is 18.7 Å². The molecule has 0 aromatic heterocycles. The second-order valence-corrected chi connectivity index (χ2v) is 8.37. The van der Waals surface area contributed by atoms with Gasteiger partial charge in [-0.3, -0.25) is 14.5 Å². The van der Waals surface area contributed by atoms with E-state index in [1.165, 1.54) is 11.1 Å². The summed E-state index contributed by atoms with van der Waals surface area (Å²) in [6, 6.07) is 10.6. The van der Waals surface area contributed by atoms with Crippen molar-refractivity contribution in [1.82, 2.24) is 15.1 Å². The summed E-state index contributed by atoms with van der Waals surface area (Å²) >= 11 is 0. The number of nitrogens with one attached hydrogen (secondary N) is 1. The zero-order valence-electron chi connectivity index (χ0n) is 17.1. The highest BCUT2D eigenvalue weighted by atomic mass is 16.2. The lowest BCUT2D eigenvalue weighted by Crippen LogP contribution is -2.48. The summed E-state index contributed by atoms with van der Waals surface area (Å²) in [5.74, 6) is 0.0293. The monoisotopic (exact) mass is 384 g/mol. The Labute approximate surface area is 169 Å². The number of carbonyl (C=O) groups is 2. The van der Waals surface area contributed by atoms with E-state index < -0.39 is 0 Å². The molecule has 0 radical (unpaired) electrons. The van der Waals surface area contributed by atoms with E-state index in [0.717, 1.165) is 32.4 Å². The molecule has 6 nitrogen and oxygen atoms in total. The van der Waals surface area contributed by atoms with E-state index in [2.05, 4.69) is 34.5 Å². The Morgan fingerprint density at radius 2 is 2.04 bits per heavy atom. The maximum atomic E-state index is 12.6. The number of fused-ring (bicyclic) bond motifs is 2. The minimum atomic E-state index is 0. The van der Waals surface area contributed by atoms with Crippen LogP contribution in [0.15, 0.2) is 24.3 Å². The number of rotatable bonds is 5. The molecule has 1 heterocycles. The lowest BCUT2D eigenvalue weighted by Gasteiger charge is -2.40. The minimum absolute atomic E-state index is 0. The van der Waals surface area contributed by atoms with Gasteiger partial charge in [-0.25, -0.2) is 0 Å². The standard InChI is InChI=1S/C22H30N4O2.H2/c1-16(2)26(13-10-23)21(28)15-25-11-8-22(9-12-25)14-20(24-17(3)27)18-6-4-5-7-19(18)22;/h4-7,16,20H,8-9,11-15H2,1-3H3,(H,24,27);1H/t20-;/m0./s1. The van der Waals surface area contributed by atoms with E-state index in [1.54, 1.807) is 11.8 Å². The zero-order valence-corrected chi connectivity index (χ0v) is 17.1. The number of hydrogen-bond donors (Lipinski definition) is 1. The molecule has 2 aliphatic rings. The van der Waals surface area contributed by atoms with Crippen LogP contribution >= 0.6 is 0 Å². The first-order valence-corrected chi connectivity index (χ1v) is 10.1. The van der Waals surface area contributed by atoms with Gasteiger partial charge in [-0.05, 0) is 57.3 Å². The molecule has 1 aromatic rings. The third-order valence-corrected chi connectivity index (χ3v) is 6.24. The molecule has 1 aromatic carbocycles. The van der Waals surface area contributed by atoms with E-state index in [4.69, 9.17) is 5.26 Å². The summed E-state index contributed by atoms with van der Waals surface area (Å²) in [6.45, 7) is 7.67. The Kier molecular flexibility index (Phi) is 6.04. The summed E-state index contributed by atoms with van der Waals surface area (Å²) in [5.41, 5.74) is 2.67. The largest absolute Gasteiger partial charge is 0.349 e. The highest BCUT2D eigenvalue weighted by Gasteiger charge is 2.45. The predicted octanol–water partition coefficient (Wildman–Crippen LogP) is 2.61. The number of amides is 2. The van der Waals surface area contributed by atoms with Gasteiger partial charge in [0, 0.05) is 19.8 Å². The van der Waals surface area contributed by atoms with Gasteiger partial charge in [0.15, 0.2) is 0 Å². The molecule has 28 heavy (non-hydrogen) atoms. The van der Waals surface area contributed by atoms with Gasteiger partial charge in [-0.1, -0.05) is 24.3 Å². The SMILES string of the molecule is CC(=O)N[C@H]1CC2(CCN(CC(=O)N(CC#N)C(C)C)CC2)c2ccccc21.[HH]. The van der Waals surface area contributed by atoms with Crippen LogP contribution in [0.1, 0.15) is 58.6 Å². The van der Waals surface area contributed by atoms with Crippen molar-refractivity contribution in [2.24, 2.45) is 0 Å². The van der Waals surface area contributed by atoms with Gasteiger partial charge in [0.25, 0.3) is 0 Å². The first kappa shape index (κ1) is 20.3. The molecule has 1 saturated heterocycles. The minimum Gasteiger partial charge on any atom is -0.349 e. The lowest BCUT2D eigenvalue weighted by atomic mass is 9.73. The van der Waals surface area contributed by atoms with Crippen LogP contribution in [0.2, 0.25) is 0 Å². The molecule has 1 N–H and O–H groups in total. The van der Waals surface area contributed by atoms with E-state index in [0.29, 0.717) is 6.54 Å². The maximum absolute atomic E-state index is 12.6. The molecule has 6 heteroatoms. The first-order valence-electron chi connectivity index (χ1n) is 10.1. The fourth-order valence-electron chi connectivity index (χ4n) is 4.80. The van der Waals surface area contributed by atoms with Crippen molar-refractivity contribution in [2.75, 3.05) is 26.2 Å². The van der Waals surface area contributed by atoms with Gasteiger partial charge in [0.2, 0.25) is 11.8 Å². The van der Waals surface area contributed by atoms with Gasteiger partial charge in [0.1, 0.15) is 6.54 Å². The summed E-state index contributed by atoms with van der Waals surface area (Å²) in [6.07, 6.45) is 2.89. The van der Waals surface area contributed by atoms with Crippen molar-refractivity contribution in [3.8, 4) is 6.07 Å². The Morgan fingerprint density at radius 3 is 2.64 bits per heavy atom. The van der Waals surface area contributed by atoms with Crippen molar-refractivity contribution in [1.29, 1.82) is 5.26 Å². The number of benzene rings is 1. The molecule has 3 rings (SSSR count). The summed E-state index contributed by atoms with van der Waals surface area (Å²) in [7, 11) is 0. The predicted molar refractivity (Wildman–Crippen MR) is 110 cm³/mol. The molecule has 1 atom stereocenters. The lowest BCUT2D eigenvalue weighted by molar-refractivity contribution is -0.134. The molecule has 1 aliphatic carbocycles. The normalized spacial score (nSPS) is 20.6. The number of nitriles is 1. The number of nitrogens with zero attached hydrogens (tertiary/aromatic N) is 3. The molecule has 1 spiro atoms. The van der Waals surface area contributed by atoms with Crippen LogP contribution in [0.3, 0.4) is 0 Å². The van der Waals surface area contributed by atoms with E-state index in [1.807, 2.05) is 19.9 Å². The van der Waals surface area contributed by atoms with E-state index >= 15 is 0 Å². The molecule has 0 bridgehead atoms. The Bertz CT molecular complexity index is 781. The molecule has 0 saturated carbocycles. The van der Waals surface area contributed by atoms with E-state index in [9.17, 15) is 9.59 Å². The second kappa shape index (κ2) is 8.32. The second-order valence-electron chi connectivity index (χ2n) is 8.37. The topological polar surface area (TPSA) is 76.4 Å². The number of hydrogen-bond acceptors (Lipinski definition) is 4. The molecule has 0 unspecified atom stereocenters. The first-order chi connectivity index (χ1) is 13.4. The maximum Gasteiger partial charge on any atom is 0.237 e. The van der Waals surface area contributed by atoms with Gasteiger partial charge < -0.3 is 10.2 Å². The summed E-state index contributed by atoms with van der Waals surface area (Å²) in [5, 5.41) is 12.1. The van der Waals surface area contributed by atoms with Crippen LogP contribution in [0.5, 0.6) is 0 Å². The van der Waals surface area contributed by atoms with Crippen LogP contribution in [0, 0.1) is 11.3 Å². The van der Waals surface area contributed by atoms with Crippen molar-refractivity contribution >= 4 is 11.8 Å². The van der Waals surface area contributed by atoms with Crippen LogP contribution in [-0.4, -0.2) is 53.8 Å². The fraction of sp³-hybridized carbons (Fsp3) is 0.591. The molecular formula is C22H32N4O2. The highest BCUT2D eigenvalue weighted by molar-refractivity contribution is 5.78. The Balaban J connectivity index is 0.00000300. The summed E-state index contributed by atoms with van der Waals surface area (Å²) < 4.78 is 0. The van der Waals surface area contributed by atoms with Crippen molar-refractivity contribution < 1.29 is 11.0 Å². The van der Waals surface area contributed by atoms with Crippen molar-refractivity contribution in [2.45, 2.75) is 57.5 Å². The smallest absolute Gasteiger partial charge is 0.237 e. The highest BCUT2D eigenvalue weighted by Crippen LogP contribution is 2.50. The zero-order chi connectivity index (χ0) is 20.3. The van der Waals surface area contributed by atoms with Crippen molar-refractivity contribution in [3.63, 3.8) is 0 Å². The number of piperidine rings is 1. The van der Waals surface area contributed by atoms with E-state index in [-0.39, 0.29) is 37.3 Å². The average molecular weight is 385 g/mol. The van der Waals surface area contributed by atoms with Crippen LogP contribution in [0.25, 0.3) is 0 Å². The quantitative estimate of drug-likeness (QED) is 0.792. The summed E-state index contributed by atoms with van der Waals surface area (Å²) in [4.78, 5) is 28.1. The molecular weight excluding hydrogens is 352 g/mol. The van der Waals surface area contributed by atoms with Gasteiger partial charge in [-0.15, -0.1) is 0 Å². The number of likely N-dealkylation sites (tertiary alicyclic amines) is 1. The van der Waals surface area contributed by atoms with Crippen molar-refractivity contribution in [3.05, 3.63) is 35.4 Å². The van der Waals surface area contributed by atoms with Crippen LogP contribution < -0.4 is 5.32 Å². The molecule has 1 aliphatic heterocycles. The average Bonchev–Trinajstić information content (AvgIpc) is 2.94. The third-order valence-electron chi connectivity index (χ3n) is 6.24. The van der Waals surface area contributed by atoms with Gasteiger partial charge in [-0.2, -0.15) is 5.26 Å². The molecule has 1 fully saturated rings. The van der Waals surface area contributed by atoms with Gasteiger partial charge >= 0.3 is 0 Å². The number of carbonyl (C=O) groups excluding carboxylic acids is 2. The third kappa shape index (κ3) is 4.05. The Hall–Kier alpha value is -2.39. The fourth-order valence-corrected chi connectivity index (χ4v) is 4.80. The molecule has 2 amide bonds. The Morgan fingerprint density at radius 1 is 1.36 bits per heavy atom.